The number of fused-ring (bicyclic) bond motifs is 2. The maximum atomic E-state index is 13.3. The summed E-state index contributed by atoms with van der Waals surface area (Å²) in [6, 6.07) is -0.470. The molecule has 14 heteroatoms. The highest BCUT2D eigenvalue weighted by atomic mass is 32.2. The molecule has 3 aromatic heterocycles. The molecule has 0 unspecified atom stereocenters. The van der Waals surface area contributed by atoms with E-state index in [9.17, 15) is 27.9 Å². The van der Waals surface area contributed by atoms with Crippen LogP contribution >= 0.6 is 11.3 Å². The molecule has 2 aliphatic heterocycles. The zero-order valence-corrected chi connectivity index (χ0v) is 20.7. The van der Waals surface area contributed by atoms with Crippen molar-refractivity contribution in [1.82, 2.24) is 14.3 Å². The summed E-state index contributed by atoms with van der Waals surface area (Å²) in [5, 5.41) is 10.1. The van der Waals surface area contributed by atoms with Crippen LogP contribution in [0.15, 0.2) is 36.9 Å². The van der Waals surface area contributed by atoms with Gasteiger partial charge in [0.15, 0.2) is 33.0 Å². The highest BCUT2D eigenvalue weighted by molar-refractivity contribution is 7.91. The quantitative estimate of drug-likeness (QED) is 0.364. The minimum atomic E-state index is -3.59. The van der Waals surface area contributed by atoms with Crippen molar-refractivity contribution in [3.63, 3.8) is 0 Å². The summed E-state index contributed by atoms with van der Waals surface area (Å²) < 4.78 is 40.8. The Kier molecular flexibility index (Phi) is 5.30. The molecule has 0 spiro atoms. The number of aliphatic hydroxyl groups excluding tert-OH is 1. The van der Waals surface area contributed by atoms with Gasteiger partial charge in [0.05, 0.1) is 22.9 Å². The second-order valence-electron chi connectivity index (χ2n) is 8.66. The molecule has 0 aliphatic carbocycles. The van der Waals surface area contributed by atoms with E-state index in [4.69, 9.17) is 13.6 Å². The summed E-state index contributed by atoms with van der Waals surface area (Å²) in [6.07, 6.45) is 3.15. The van der Waals surface area contributed by atoms with Gasteiger partial charge in [-0.05, 0) is 13.8 Å². The van der Waals surface area contributed by atoms with Crippen molar-refractivity contribution in [3.8, 4) is 0 Å². The zero-order chi connectivity index (χ0) is 25.4. The van der Waals surface area contributed by atoms with Gasteiger partial charge in [-0.3, -0.25) is 9.20 Å². The number of sulfone groups is 1. The number of ether oxygens (including phenoxy) is 1. The van der Waals surface area contributed by atoms with Crippen LogP contribution in [0.2, 0.25) is 0 Å². The zero-order valence-electron chi connectivity index (χ0n) is 19.0. The molecule has 1 N–H and O–H groups in total. The third-order valence-corrected chi connectivity index (χ3v) is 8.61. The predicted molar refractivity (Wildman–Crippen MR) is 120 cm³/mol. The van der Waals surface area contributed by atoms with Gasteiger partial charge in [0.2, 0.25) is 5.91 Å². The number of imidazole rings is 1. The lowest BCUT2D eigenvalue weighted by Gasteiger charge is -2.46. The number of esters is 1. The highest BCUT2D eigenvalue weighted by Crippen LogP contribution is 2.52. The van der Waals surface area contributed by atoms with Gasteiger partial charge >= 0.3 is 11.8 Å². The Hall–Kier alpha value is -3.23. The monoisotopic (exact) mass is 523 g/mol. The number of hydrogen-bond donors (Lipinski definition) is 1. The molecule has 12 nitrogen and oxygen atoms in total. The molecule has 0 bridgehead atoms. The fourth-order valence-corrected chi connectivity index (χ4v) is 7.10. The summed E-state index contributed by atoms with van der Waals surface area (Å²) in [5.74, 6) is -3.01. The first-order valence-electron chi connectivity index (χ1n) is 10.6. The van der Waals surface area contributed by atoms with Gasteiger partial charge in [-0.25, -0.2) is 23.0 Å². The van der Waals surface area contributed by atoms with E-state index in [1.165, 1.54) is 25.1 Å². The number of nitrogens with zero attached hydrogens (tertiary/aromatic N) is 3. The molecule has 1 amide bonds. The Labute approximate surface area is 202 Å². The Bertz CT molecular complexity index is 1570. The van der Waals surface area contributed by atoms with Gasteiger partial charge in [0.1, 0.15) is 16.9 Å². The van der Waals surface area contributed by atoms with E-state index < -0.39 is 45.6 Å². The molecule has 1 fully saturated rings. The fraction of sp³-hybridized carbons (Fsp3) is 0.429. The van der Waals surface area contributed by atoms with Crippen LogP contribution in [0, 0.1) is 18.8 Å². The second-order valence-corrected chi connectivity index (χ2v) is 11.6. The number of β-lactam (4-membered cyclic amide) rings is 1. The van der Waals surface area contributed by atoms with Crippen molar-refractivity contribution in [1.29, 1.82) is 0 Å². The van der Waals surface area contributed by atoms with Crippen molar-refractivity contribution in [2.24, 2.45) is 11.8 Å². The average molecular weight is 524 g/mol. The van der Waals surface area contributed by atoms with E-state index in [0.29, 0.717) is 15.3 Å². The van der Waals surface area contributed by atoms with E-state index in [1.54, 1.807) is 10.6 Å². The minimum Gasteiger partial charge on any atom is -0.453 e. The van der Waals surface area contributed by atoms with E-state index in [1.807, 2.05) is 6.92 Å². The summed E-state index contributed by atoms with van der Waals surface area (Å²) in [5.41, 5.74) is 0.501. The van der Waals surface area contributed by atoms with E-state index in [2.05, 4.69) is 4.98 Å². The van der Waals surface area contributed by atoms with Crippen molar-refractivity contribution in [2.45, 2.75) is 44.5 Å². The summed E-state index contributed by atoms with van der Waals surface area (Å²) in [6.45, 7) is 4.45. The molecule has 2 aliphatic rings. The molecule has 0 aromatic carbocycles. The number of hydrogen-bond acceptors (Lipinski definition) is 11. The van der Waals surface area contributed by atoms with Gasteiger partial charge < -0.3 is 23.6 Å². The van der Waals surface area contributed by atoms with Crippen LogP contribution in [0.5, 0.6) is 0 Å². The second kappa shape index (κ2) is 7.90. The van der Waals surface area contributed by atoms with Crippen LogP contribution in [-0.4, -0.2) is 58.1 Å². The molecule has 35 heavy (non-hydrogen) atoms. The normalized spacial score (nSPS) is 23.1. The molecule has 1 saturated heterocycles. The molecular weight excluding hydrogens is 502 g/mol. The first kappa shape index (κ1) is 23.5. The highest BCUT2D eigenvalue weighted by Gasteiger charge is 2.60. The number of thiazole rings is 1. The van der Waals surface area contributed by atoms with E-state index in [0.717, 1.165) is 17.6 Å². The smallest absolute Gasteiger partial charge is 0.453 e. The van der Waals surface area contributed by atoms with Crippen molar-refractivity contribution < 1.29 is 36.7 Å². The lowest BCUT2D eigenvalue weighted by Crippen LogP contribution is -2.63. The predicted octanol–water partition coefficient (Wildman–Crippen LogP) is 0.966. The van der Waals surface area contributed by atoms with Gasteiger partial charge in [-0.2, -0.15) is 0 Å². The maximum absolute atomic E-state index is 13.3. The number of amides is 1. The molecule has 0 saturated carbocycles. The Balaban J connectivity index is 1.58. The van der Waals surface area contributed by atoms with Crippen molar-refractivity contribution in [3.05, 3.63) is 45.2 Å². The number of carbonyl (C=O) groups excluding carboxylic acids is 2. The van der Waals surface area contributed by atoms with Crippen LogP contribution in [-0.2, 0) is 30.8 Å². The van der Waals surface area contributed by atoms with Gasteiger partial charge in [0.25, 0.3) is 0 Å². The molecule has 3 aromatic rings. The number of aliphatic hydroxyl groups is 1. The number of rotatable bonds is 6. The lowest BCUT2D eigenvalue weighted by molar-refractivity contribution is -0.164. The van der Waals surface area contributed by atoms with Gasteiger partial charge in [0, 0.05) is 23.9 Å². The van der Waals surface area contributed by atoms with Crippen LogP contribution in [0.25, 0.3) is 10.4 Å². The van der Waals surface area contributed by atoms with Gasteiger partial charge in [-0.15, -0.1) is 11.3 Å². The maximum Gasteiger partial charge on any atom is 0.519 e. The standard InChI is InChI=1S/C21H21N3O9S2/c1-8-13(12-5-23-7-22-17(19(23)34-12)35(4,29)30)16(24-15(8)14(9(2)25)18(24)26)20(27)31-6-11-10(3)32-21(28)33-11/h5,7-9,14-15,25H,6H2,1-4H3/t8-,9+,14+,15+/m0/s1. The largest absolute Gasteiger partial charge is 0.519 e. The molecule has 0 radical (unpaired) electrons. The summed E-state index contributed by atoms with van der Waals surface area (Å²) in [4.78, 5) is 43.7. The lowest BCUT2D eigenvalue weighted by atomic mass is 9.77. The van der Waals surface area contributed by atoms with Crippen LogP contribution < -0.4 is 5.82 Å². The molecular formula is C21H21N3O9S2. The van der Waals surface area contributed by atoms with Gasteiger partial charge in [-0.1, -0.05) is 6.92 Å². The topological polar surface area (TPSA) is 162 Å². The summed E-state index contributed by atoms with van der Waals surface area (Å²) >= 11 is 1.12. The minimum absolute atomic E-state index is 0.00580. The number of aromatic nitrogens is 2. The molecule has 4 atom stereocenters. The first-order valence-corrected chi connectivity index (χ1v) is 13.3. The Morgan fingerprint density at radius 1 is 1.34 bits per heavy atom. The van der Waals surface area contributed by atoms with Crippen LogP contribution in [0.3, 0.4) is 0 Å². The third kappa shape index (κ3) is 3.54. The Morgan fingerprint density at radius 3 is 2.66 bits per heavy atom. The third-order valence-electron chi connectivity index (χ3n) is 6.33. The molecule has 186 valence electrons. The van der Waals surface area contributed by atoms with E-state index >= 15 is 0 Å². The Morgan fingerprint density at radius 2 is 2.06 bits per heavy atom. The SMILES string of the molecule is Cc1oc(=O)oc1COC(=O)C1=C(c2cn3cnc(S(C)(=O)=O)c3s2)[C@H](C)[C@@H]2[C@@H]([C@@H](C)O)C(=O)N12. The number of carbonyl (C=O) groups is 2. The molecule has 5 heterocycles. The van der Waals surface area contributed by atoms with Crippen molar-refractivity contribution in [2.75, 3.05) is 6.26 Å². The first-order chi connectivity index (χ1) is 16.4. The number of aryl methyl sites for hydroxylation is 1. The van der Waals surface area contributed by atoms with Crippen LogP contribution in [0.1, 0.15) is 30.2 Å². The average Bonchev–Trinajstić information content (AvgIpc) is 3.45. The molecule has 5 rings (SSSR count). The van der Waals surface area contributed by atoms with Crippen LogP contribution in [0.4, 0.5) is 0 Å². The fourth-order valence-electron chi connectivity index (χ4n) is 4.75. The van der Waals surface area contributed by atoms with Crippen molar-refractivity contribution >= 4 is 43.5 Å². The summed E-state index contributed by atoms with van der Waals surface area (Å²) in [7, 11) is -3.59. The van der Waals surface area contributed by atoms with E-state index in [-0.39, 0.29) is 34.8 Å².